The number of aliphatic hydroxyl groups excluding tert-OH is 1. The van der Waals surface area contributed by atoms with Crippen molar-refractivity contribution in [3.8, 4) is 0 Å². The van der Waals surface area contributed by atoms with Crippen molar-refractivity contribution < 1.29 is 9.90 Å². The average molecular weight is 214 g/mol. The Morgan fingerprint density at radius 2 is 2.13 bits per heavy atom. The SMILES string of the molecule is CC(CC(N)=O)NCC(O)C1CCCC1. The van der Waals surface area contributed by atoms with Gasteiger partial charge in [0.25, 0.3) is 0 Å². The molecule has 0 radical (unpaired) electrons. The number of nitrogens with two attached hydrogens (primary N) is 1. The lowest BCUT2D eigenvalue weighted by Gasteiger charge is -2.20. The molecular weight excluding hydrogens is 192 g/mol. The molecule has 0 aromatic heterocycles. The van der Waals surface area contributed by atoms with Crippen LogP contribution < -0.4 is 11.1 Å². The maximum absolute atomic E-state index is 10.6. The second kappa shape index (κ2) is 6.08. The van der Waals surface area contributed by atoms with Gasteiger partial charge in [-0.25, -0.2) is 0 Å². The Labute approximate surface area is 91.2 Å². The summed E-state index contributed by atoms with van der Waals surface area (Å²) in [5.41, 5.74) is 5.08. The van der Waals surface area contributed by atoms with Gasteiger partial charge in [-0.15, -0.1) is 0 Å². The summed E-state index contributed by atoms with van der Waals surface area (Å²) < 4.78 is 0. The number of nitrogens with one attached hydrogen (secondary N) is 1. The highest BCUT2D eigenvalue weighted by Gasteiger charge is 2.23. The highest BCUT2D eigenvalue weighted by molar-refractivity contribution is 5.74. The molecule has 0 aromatic rings. The average Bonchev–Trinajstić information content (AvgIpc) is 2.65. The van der Waals surface area contributed by atoms with Crippen LogP contribution >= 0.6 is 0 Å². The lowest BCUT2D eigenvalue weighted by molar-refractivity contribution is -0.118. The number of carbonyl (C=O) groups excluding carboxylic acids is 1. The largest absolute Gasteiger partial charge is 0.392 e. The van der Waals surface area contributed by atoms with Gasteiger partial charge in [0.05, 0.1) is 6.10 Å². The second-order valence-corrected chi connectivity index (χ2v) is 4.59. The molecule has 1 aliphatic carbocycles. The molecule has 4 nitrogen and oxygen atoms in total. The van der Waals surface area contributed by atoms with E-state index in [4.69, 9.17) is 5.73 Å². The van der Waals surface area contributed by atoms with Crippen LogP contribution in [0, 0.1) is 5.92 Å². The van der Waals surface area contributed by atoms with Crippen molar-refractivity contribution in [3.05, 3.63) is 0 Å². The first-order valence-electron chi connectivity index (χ1n) is 5.79. The highest BCUT2D eigenvalue weighted by atomic mass is 16.3. The third-order valence-corrected chi connectivity index (χ3v) is 3.13. The van der Waals surface area contributed by atoms with Crippen molar-refractivity contribution >= 4 is 5.91 Å². The number of aliphatic hydroxyl groups is 1. The van der Waals surface area contributed by atoms with Gasteiger partial charge in [0.2, 0.25) is 5.91 Å². The van der Waals surface area contributed by atoms with E-state index < -0.39 is 0 Å². The van der Waals surface area contributed by atoms with E-state index in [9.17, 15) is 9.90 Å². The molecule has 15 heavy (non-hydrogen) atoms. The Kier molecular flexibility index (Phi) is 5.05. The fourth-order valence-corrected chi connectivity index (χ4v) is 2.20. The third kappa shape index (κ3) is 4.62. The zero-order valence-electron chi connectivity index (χ0n) is 9.41. The lowest BCUT2D eigenvalue weighted by Crippen LogP contribution is -2.38. The van der Waals surface area contributed by atoms with Crippen molar-refractivity contribution in [2.75, 3.05) is 6.54 Å². The summed E-state index contributed by atoms with van der Waals surface area (Å²) in [5, 5.41) is 13.0. The normalized spacial score (nSPS) is 21.5. The zero-order valence-corrected chi connectivity index (χ0v) is 9.41. The minimum Gasteiger partial charge on any atom is -0.392 e. The van der Waals surface area contributed by atoms with Gasteiger partial charge in [-0.3, -0.25) is 4.79 Å². The van der Waals surface area contributed by atoms with Gasteiger partial charge in [0, 0.05) is 19.0 Å². The number of amides is 1. The van der Waals surface area contributed by atoms with Crippen LogP contribution in [0.25, 0.3) is 0 Å². The van der Waals surface area contributed by atoms with Crippen molar-refractivity contribution in [1.29, 1.82) is 0 Å². The molecule has 0 saturated heterocycles. The first-order valence-corrected chi connectivity index (χ1v) is 5.79. The van der Waals surface area contributed by atoms with E-state index in [1.165, 1.54) is 12.8 Å². The van der Waals surface area contributed by atoms with E-state index in [1.807, 2.05) is 6.92 Å². The Hall–Kier alpha value is -0.610. The minimum atomic E-state index is -0.301. The van der Waals surface area contributed by atoms with E-state index in [1.54, 1.807) is 0 Å². The van der Waals surface area contributed by atoms with Gasteiger partial charge < -0.3 is 16.2 Å². The quantitative estimate of drug-likeness (QED) is 0.599. The number of hydrogen-bond acceptors (Lipinski definition) is 3. The Balaban J connectivity index is 2.15. The predicted molar refractivity (Wildman–Crippen MR) is 59.2 cm³/mol. The maximum Gasteiger partial charge on any atom is 0.218 e. The molecule has 1 aliphatic rings. The third-order valence-electron chi connectivity index (χ3n) is 3.13. The van der Waals surface area contributed by atoms with Gasteiger partial charge >= 0.3 is 0 Å². The van der Waals surface area contributed by atoms with Crippen LogP contribution in [-0.2, 0) is 4.79 Å². The topological polar surface area (TPSA) is 75.4 Å². The van der Waals surface area contributed by atoms with Crippen molar-refractivity contribution in [3.63, 3.8) is 0 Å². The molecule has 4 heteroatoms. The van der Waals surface area contributed by atoms with Gasteiger partial charge in [0.15, 0.2) is 0 Å². The van der Waals surface area contributed by atoms with Crippen molar-refractivity contribution in [2.45, 2.75) is 51.2 Å². The number of hydrogen-bond donors (Lipinski definition) is 3. The molecule has 0 bridgehead atoms. The monoisotopic (exact) mass is 214 g/mol. The predicted octanol–water partition coefficient (Wildman–Crippen LogP) is 0.391. The van der Waals surface area contributed by atoms with Crippen LogP contribution in [0.15, 0.2) is 0 Å². The highest BCUT2D eigenvalue weighted by Crippen LogP contribution is 2.27. The van der Waals surface area contributed by atoms with Gasteiger partial charge in [-0.05, 0) is 25.7 Å². The molecule has 0 spiro atoms. The van der Waals surface area contributed by atoms with Gasteiger partial charge in [0.1, 0.15) is 0 Å². The van der Waals surface area contributed by atoms with Crippen molar-refractivity contribution in [1.82, 2.24) is 5.32 Å². The van der Waals surface area contributed by atoms with E-state index >= 15 is 0 Å². The molecule has 1 amide bonds. The number of carbonyl (C=O) groups is 1. The molecule has 1 fully saturated rings. The Morgan fingerprint density at radius 1 is 1.53 bits per heavy atom. The summed E-state index contributed by atoms with van der Waals surface area (Å²) in [6.45, 7) is 2.48. The molecule has 0 aromatic carbocycles. The zero-order chi connectivity index (χ0) is 11.3. The van der Waals surface area contributed by atoms with Crippen LogP contribution in [0.3, 0.4) is 0 Å². The van der Waals surface area contributed by atoms with Crippen LogP contribution in [0.5, 0.6) is 0 Å². The first-order chi connectivity index (χ1) is 7.09. The standard InChI is InChI=1S/C11H22N2O2/c1-8(6-11(12)15)13-7-10(14)9-4-2-3-5-9/h8-10,13-14H,2-7H2,1H3,(H2,12,15). The Bertz CT molecular complexity index is 203. The number of rotatable bonds is 6. The van der Waals surface area contributed by atoms with E-state index in [2.05, 4.69) is 5.32 Å². The Morgan fingerprint density at radius 3 is 2.67 bits per heavy atom. The molecule has 1 saturated carbocycles. The van der Waals surface area contributed by atoms with Gasteiger partial charge in [-0.1, -0.05) is 12.8 Å². The molecule has 4 N–H and O–H groups in total. The van der Waals surface area contributed by atoms with Crippen molar-refractivity contribution in [2.24, 2.45) is 11.7 Å². The minimum absolute atomic E-state index is 0.0542. The first kappa shape index (κ1) is 12.5. The maximum atomic E-state index is 10.6. The number of primary amides is 1. The summed E-state index contributed by atoms with van der Waals surface area (Å²) in [6.07, 6.45) is 4.79. The molecule has 2 unspecified atom stereocenters. The van der Waals surface area contributed by atoms with Crippen LogP contribution in [0.2, 0.25) is 0 Å². The summed E-state index contributed by atoms with van der Waals surface area (Å²) in [6, 6.07) is 0.0542. The molecule has 1 rings (SSSR count). The van der Waals surface area contributed by atoms with E-state index in [-0.39, 0.29) is 18.1 Å². The smallest absolute Gasteiger partial charge is 0.218 e. The molecular formula is C11H22N2O2. The summed E-state index contributed by atoms with van der Waals surface area (Å²) in [5.74, 6) is 0.142. The fourth-order valence-electron chi connectivity index (χ4n) is 2.20. The van der Waals surface area contributed by atoms with Crippen LogP contribution in [0.1, 0.15) is 39.0 Å². The van der Waals surface area contributed by atoms with Crippen LogP contribution in [-0.4, -0.2) is 29.7 Å². The summed E-state index contributed by atoms with van der Waals surface area (Å²) >= 11 is 0. The molecule has 0 aliphatic heterocycles. The van der Waals surface area contributed by atoms with E-state index in [0.717, 1.165) is 12.8 Å². The molecule has 2 atom stereocenters. The molecule has 0 heterocycles. The van der Waals surface area contributed by atoms with E-state index in [0.29, 0.717) is 18.9 Å². The summed E-state index contributed by atoms with van der Waals surface area (Å²) in [7, 11) is 0. The summed E-state index contributed by atoms with van der Waals surface area (Å²) in [4.78, 5) is 10.6. The second-order valence-electron chi connectivity index (χ2n) is 4.59. The molecule has 88 valence electrons. The lowest BCUT2D eigenvalue weighted by atomic mass is 10.0. The van der Waals surface area contributed by atoms with Gasteiger partial charge in [-0.2, -0.15) is 0 Å². The fraction of sp³-hybridized carbons (Fsp3) is 0.909. The van der Waals surface area contributed by atoms with Crippen LogP contribution in [0.4, 0.5) is 0 Å².